The van der Waals surface area contributed by atoms with Gasteiger partial charge in [0.25, 0.3) is 5.91 Å². The van der Waals surface area contributed by atoms with E-state index < -0.39 is 17.8 Å². The summed E-state index contributed by atoms with van der Waals surface area (Å²) in [6.45, 7) is 9.44. The van der Waals surface area contributed by atoms with Crippen molar-refractivity contribution in [2.45, 2.75) is 57.5 Å². The van der Waals surface area contributed by atoms with Crippen LogP contribution < -0.4 is 10.1 Å². The van der Waals surface area contributed by atoms with Crippen LogP contribution >= 0.6 is 0 Å². The van der Waals surface area contributed by atoms with E-state index in [1.165, 1.54) is 6.07 Å². The van der Waals surface area contributed by atoms with Crippen molar-refractivity contribution in [3.63, 3.8) is 0 Å². The van der Waals surface area contributed by atoms with E-state index in [-0.39, 0.29) is 23.4 Å². The predicted molar refractivity (Wildman–Crippen MR) is 132 cm³/mol. The zero-order chi connectivity index (χ0) is 26.4. The average molecular weight is 518 g/mol. The average Bonchev–Trinajstić information content (AvgIpc) is 3.23. The molecule has 11 heteroatoms. The Balaban J connectivity index is 1.41. The number of halogens is 3. The number of carbonyl (C=O) groups is 1. The summed E-state index contributed by atoms with van der Waals surface area (Å²) in [6, 6.07) is 6.97. The molecule has 0 atom stereocenters. The first-order valence-electron chi connectivity index (χ1n) is 12.4. The topological polar surface area (TPSA) is 81.5 Å². The summed E-state index contributed by atoms with van der Waals surface area (Å²) in [4.78, 5) is 18.8. The predicted octanol–water partition coefficient (Wildman–Crippen LogP) is 4.92. The van der Waals surface area contributed by atoms with Crippen LogP contribution in [-0.4, -0.2) is 63.5 Å². The first kappa shape index (κ1) is 25.5. The monoisotopic (exact) mass is 517 g/mol. The van der Waals surface area contributed by atoms with Gasteiger partial charge in [0.05, 0.1) is 30.5 Å². The summed E-state index contributed by atoms with van der Waals surface area (Å²) >= 11 is 0. The zero-order valence-corrected chi connectivity index (χ0v) is 21.0. The van der Waals surface area contributed by atoms with E-state index in [0.717, 1.165) is 43.5 Å². The molecule has 0 spiro atoms. The van der Waals surface area contributed by atoms with Crippen molar-refractivity contribution in [3.8, 4) is 5.75 Å². The van der Waals surface area contributed by atoms with Crippen LogP contribution in [0.15, 0.2) is 36.5 Å². The van der Waals surface area contributed by atoms with Gasteiger partial charge in [0.1, 0.15) is 23.2 Å². The quantitative estimate of drug-likeness (QED) is 0.518. The molecular formula is C26H30F3N5O3. The second kappa shape index (κ2) is 9.60. The Labute approximate surface area is 212 Å². The highest BCUT2D eigenvalue weighted by Crippen LogP contribution is 2.34. The Morgan fingerprint density at radius 2 is 1.86 bits per heavy atom. The van der Waals surface area contributed by atoms with Crippen LogP contribution in [0.4, 0.5) is 18.9 Å². The third kappa shape index (κ3) is 5.57. The summed E-state index contributed by atoms with van der Waals surface area (Å²) in [5.41, 5.74) is -0.292. The number of rotatable bonds is 5. The first-order chi connectivity index (χ1) is 17.5. The second-order valence-corrected chi connectivity index (χ2v) is 10.5. The van der Waals surface area contributed by atoms with Crippen LogP contribution in [0.2, 0.25) is 0 Å². The number of hydrogen-bond acceptors (Lipinski definition) is 6. The molecular weight excluding hydrogens is 487 g/mol. The number of ether oxygens (including phenoxy) is 2. The van der Waals surface area contributed by atoms with E-state index in [4.69, 9.17) is 14.6 Å². The van der Waals surface area contributed by atoms with Crippen molar-refractivity contribution in [2.75, 3.05) is 31.6 Å². The van der Waals surface area contributed by atoms with Gasteiger partial charge >= 0.3 is 6.18 Å². The number of aromatic nitrogens is 3. The van der Waals surface area contributed by atoms with Crippen LogP contribution in [0.3, 0.4) is 0 Å². The van der Waals surface area contributed by atoms with E-state index >= 15 is 0 Å². The lowest BCUT2D eigenvalue weighted by molar-refractivity contribution is -0.141. The van der Waals surface area contributed by atoms with E-state index in [1.807, 2.05) is 10.9 Å². The maximum Gasteiger partial charge on any atom is 0.433 e. The summed E-state index contributed by atoms with van der Waals surface area (Å²) in [5.74, 6) is -0.379. The maximum absolute atomic E-state index is 13.1. The highest BCUT2D eigenvalue weighted by Gasteiger charge is 2.33. The molecule has 1 amide bonds. The molecule has 0 radical (unpaired) electrons. The molecule has 4 heterocycles. The number of alkyl halides is 3. The molecule has 5 rings (SSSR count). The van der Waals surface area contributed by atoms with Gasteiger partial charge in [0, 0.05) is 36.3 Å². The summed E-state index contributed by atoms with van der Waals surface area (Å²) < 4.78 is 52.4. The Bertz CT molecular complexity index is 1290. The number of amides is 1. The second-order valence-electron chi connectivity index (χ2n) is 10.5. The molecule has 8 nitrogen and oxygen atoms in total. The van der Waals surface area contributed by atoms with Crippen LogP contribution in [0.25, 0.3) is 10.9 Å². The number of fused-ring (bicyclic) bond motifs is 1. The van der Waals surface area contributed by atoms with Crippen molar-refractivity contribution in [1.82, 2.24) is 19.7 Å². The highest BCUT2D eigenvalue weighted by atomic mass is 19.4. The minimum atomic E-state index is -4.65. The van der Waals surface area contributed by atoms with Crippen LogP contribution in [-0.2, 0) is 10.9 Å². The fourth-order valence-electron chi connectivity index (χ4n) is 4.62. The molecule has 0 aliphatic carbocycles. The van der Waals surface area contributed by atoms with Gasteiger partial charge < -0.3 is 14.8 Å². The number of hydrogen-bond donors (Lipinski definition) is 1. The Morgan fingerprint density at radius 1 is 1.14 bits per heavy atom. The molecule has 198 valence electrons. The van der Waals surface area contributed by atoms with E-state index in [0.29, 0.717) is 30.2 Å². The van der Waals surface area contributed by atoms with Crippen molar-refractivity contribution in [2.24, 2.45) is 0 Å². The van der Waals surface area contributed by atoms with E-state index in [1.54, 1.807) is 12.1 Å². The molecule has 0 bridgehead atoms. The first-order valence-corrected chi connectivity index (χ1v) is 12.4. The van der Waals surface area contributed by atoms with Gasteiger partial charge in [-0.2, -0.15) is 18.3 Å². The van der Waals surface area contributed by atoms with Gasteiger partial charge in [-0.25, -0.2) is 4.98 Å². The third-order valence-corrected chi connectivity index (χ3v) is 6.83. The van der Waals surface area contributed by atoms with Gasteiger partial charge in [-0.05, 0) is 51.8 Å². The molecule has 1 aromatic carbocycles. The molecule has 2 saturated heterocycles. The van der Waals surface area contributed by atoms with Crippen molar-refractivity contribution in [1.29, 1.82) is 0 Å². The number of carbonyl (C=O) groups excluding carboxylic acids is 1. The molecule has 1 N–H and O–H groups in total. The number of piperidine rings is 1. The molecule has 2 aromatic heterocycles. The minimum Gasteiger partial charge on any atom is -0.483 e. The van der Waals surface area contributed by atoms with Crippen molar-refractivity contribution < 1.29 is 27.4 Å². The van der Waals surface area contributed by atoms with Crippen molar-refractivity contribution >= 4 is 22.5 Å². The van der Waals surface area contributed by atoms with Crippen LogP contribution in [0.1, 0.15) is 55.8 Å². The van der Waals surface area contributed by atoms with Gasteiger partial charge in [-0.1, -0.05) is 6.07 Å². The lowest BCUT2D eigenvalue weighted by Gasteiger charge is -2.40. The number of likely N-dealkylation sites (tertiary alicyclic amines) is 1. The summed E-state index contributed by atoms with van der Waals surface area (Å²) in [6.07, 6.45) is -0.937. The number of benzene rings is 1. The fourth-order valence-corrected chi connectivity index (χ4v) is 4.62. The number of anilines is 1. The standard InChI is InChI=1S/C26H30F3N5O3/c1-25(2,3)33-9-7-17(8-10-33)34-13-16-11-21(22(12-20(16)32-34)37-18-14-36-15-18)31-24(35)19-5-4-6-23(30-19)26(27,28)29/h4-6,11-13,17-18H,7-10,14-15H2,1-3H3,(H,31,35). The van der Waals surface area contributed by atoms with Gasteiger partial charge in [0.15, 0.2) is 0 Å². The van der Waals surface area contributed by atoms with E-state index in [9.17, 15) is 18.0 Å². The van der Waals surface area contributed by atoms with Gasteiger partial charge in [-0.15, -0.1) is 0 Å². The van der Waals surface area contributed by atoms with E-state index in [2.05, 4.69) is 36.0 Å². The molecule has 0 unspecified atom stereocenters. The largest absolute Gasteiger partial charge is 0.483 e. The van der Waals surface area contributed by atoms with Crippen LogP contribution in [0, 0.1) is 0 Å². The molecule has 2 aliphatic heterocycles. The van der Waals surface area contributed by atoms with Gasteiger partial charge in [0.2, 0.25) is 0 Å². The molecule has 2 aliphatic rings. The third-order valence-electron chi connectivity index (χ3n) is 6.83. The summed E-state index contributed by atoms with van der Waals surface area (Å²) in [5, 5.41) is 8.27. The molecule has 37 heavy (non-hydrogen) atoms. The normalized spacial score (nSPS) is 18.1. The molecule has 2 fully saturated rings. The highest BCUT2D eigenvalue weighted by molar-refractivity contribution is 6.05. The van der Waals surface area contributed by atoms with Crippen LogP contribution in [0.5, 0.6) is 5.75 Å². The molecule has 3 aromatic rings. The lowest BCUT2D eigenvalue weighted by atomic mass is 9.98. The Hall–Kier alpha value is -3.18. The number of nitrogens with one attached hydrogen (secondary N) is 1. The summed E-state index contributed by atoms with van der Waals surface area (Å²) in [7, 11) is 0. The lowest BCUT2D eigenvalue weighted by Crippen LogP contribution is -2.46. The fraction of sp³-hybridized carbons (Fsp3) is 0.500. The van der Waals surface area contributed by atoms with Crippen molar-refractivity contribution in [3.05, 3.63) is 47.9 Å². The maximum atomic E-state index is 13.1. The number of nitrogens with zero attached hydrogens (tertiary/aromatic N) is 4. The number of pyridine rings is 1. The Kier molecular flexibility index (Phi) is 6.61. The minimum absolute atomic E-state index is 0.124. The Morgan fingerprint density at radius 3 is 2.49 bits per heavy atom. The zero-order valence-electron chi connectivity index (χ0n) is 21.0. The SMILES string of the molecule is CC(C)(C)N1CCC(n2cc3cc(NC(=O)c4cccc(C(F)(F)F)n4)c(OC4COC4)cc3n2)CC1. The van der Waals surface area contributed by atoms with Gasteiger partial charge in [-0.3, -0.25) is 14.4 Å². The smallest absolute Gasteiger partial charge is 0.433 e. The molecule has 0 saturated carbocycles.